The van der Waals surface area contributed by atoms with Crippen molar-refractivity contribution < 1.29 is 42.1 Å². The standard InChI is InChI=1S/C70H130NO8P/c1-6-8-10-12-14-16-18-20-22-24-26-27-28-29-30-31-32-33-34-35-36-37-38-39-40-41-42-43-45-47-49-51-53-55-57-59-61-63-70(73)79-68(67-78-80(74,75)77-65-64-71(3,4)5)66-76-69(72)62-60-58-56-54-52-50-48-46-44-25-23-21-19-17-15-13-11-9-7-2/h8,10,14,16,20,22,26-27,29-30,68H,6-7,9,11-13,15,17-19,21,23-25,28,31-67H2,1-5H3/p+1/b10-8-,16-14-,22-20-,27-26-,30-29-. The second-order valence-corrected chi connectivity index (χ2v) is 25.6. The maximum Gasteiger partial charge on any atom is 0.472 e. The minimum absolute atomic E-state index is 0.0341. The highest BCUT2D eigenvalue weighted by atomic mass is 31.2. The number of likely N-dealkylation sites (N-methyl/N-ethyl adjacent to an activating group) is 1. The summed E-state index contributed by atoms with van der Waals surface area (Å²) in [4.78, 5) is 35.8. The van der Waals surface area contributed by atoms with Crippen molar-refractivity contribution in [2.75, 3.05) is 47.5 Å². The molecule has 2 atom stereocenters. The number of carbonyl (C=O) groups is 2. The molecule has 10 heteroatoms. The van der Waals surface area contributed by atoms with Crippen LogP contribution < -0.4 is 0 Å². The molecule has 0 spiro atoms. The zero-order valence-corrected chi connectivity index (χ0v) is 54.2. The quantitative estimate of drug-likeness (QED) is 0.0211. The van der Waals surface area contributed by atoms with E-state index in [2.05, 4.69) is 74.6 Å². The van der Waals surface area contributed by atoms with Crippen molar-refractivity contribution in [2.24, 2.45) is 0 Å². The predicted molar refractivity (Wildman–Crippen MR) is 344 cm³/mol. The van der Waals surface area contributed by atoms with Crippen LogP contribution >= 0.6 is 7.82 Å². The van der Waals surface area contributed by atoms with E-state index in [0.717, 1.165) is 64.2 Å². The number of hydrogen-bond donors (Lipinski definition) is 1. The highest BCUT2D eigenvalue weighted by Gasteiger charge is 2.27. The number of hydrogen-bond acceptors (Lipinski definition) is 7. The molecule has 0 amide bonds. The van der Waals surface area contributed by atoms with Crippen LogP contribution in [-0.2, 0) is 32.7 Å². The Kier molecular flexibility index (Phi) is 59.5. The van der Waals surface area contributed by atoms with Crippen LogP contribution in [0.4, 0.5) is 0 Å². The average Bonchev–Trinajstić information content (AvgIpc) is 3.42. The molecule has 468 valence electrons. The first kappa shape index (κ1) is 77.7. The van der Waals surface area contributed by atoms with Gasteiger partial charge in [0, 0.05) is 12.8 Å². The van der Waals surface area contributed by atoms with Gasteiger partial charge >= 0.3 is 19.8 Å². The Hall–Kier alpha value is -2.29. The van der Waals surface area contributed by atoms with Gasteiger partial charge in [0.05, 0.1) is 27.7 Å². The van der Waals surface area contributed by atoms with Gasteiger partial charge in [-0.25, -0.2) is 4.57 Å². The van der Waals surface area contributed by atoms with Crippen LogP contribution in [0, 0.1) is 0 Å². The number of allylic oxidation sites excluding steroid dienone is 10. The predicted octanol–water partition coefficient (Wildman–Crippen LogP) is 21.8. The first-order valence-electron chi connectivity index (χ1n) is 34.0. The van der Waals surface area contributed by atoms with Gasteiger partial charge in [-0.2, -0.15) is 0 Å². The van der Waals surface area contributed by atoms with Crippen molar-refractivity contribution in [1.29, 1.82) is 0 Å². The molecule has 0 aliphatic carbocycles. The molecule has 0 aliphatic rings. The molecule has 0 aromatic carbocycles. The topological polar surface area (TPSA) is 108 Å². The van der Waals surface area contributed by atoms with Gasteiger partial charge < -0.3 is 18.9 Å². The molecule has 0 heterocycles. The maximum atomic E-state index is 12.9. The molecular weight excluding hydrogens is 1010 g/mol. The van der Waals surface area contributed by atoms with Crippen LogP contribution in [0.25, 0.3) is 0 Å². The Morgan fingerprint density at radius 1 is 0.400 bits per heavy atom. The Balaban J connectivity index is 3.96. The first-order chi connectivity index (χ1) is 39.0. The number of phosphoric acid groups is 1. The van der Waals surface area contributed by atoms with Gasteiger partial charge in [0.2, 0.25) is 0 Å². The molecule has 9 nitrogen and oxygen atoms in total. The van der Waals surface area contributed by atoms with Gasteiger partial charge in [-0.05, 0) is 57.8 Å². The van der Waals surface area contributed by atoms with Crippen LogP contribution in [-0.4, -0.2) is 74.9 Å². The number of ether oxygens (including phenoxy) is 2. The van der Waals surface area contributed by atoms with Crippen molar-refractivity contribution in [1.82, 2.24) is 0 Å². The molecular formula is C70H131NO8P+. The second kappa shape index (κ2) is 61.3. The minimum atomic E-state index is -4.39. The lowest BCUT2D eigenvalue weighted by atomic mass is 10.0. The van der Waals surface area contributed by atoms with Crippen molar-refractivity contribution in [2.45, 2.75) is 328 Å². The molecule has 0 fully saturated rings. The third kappa shape index (κ3) is 64.9. The monoisotopic (exact) mass is 1140 g/mol. The van der Waals surface area contributed by atoms with E-state index in [9.17, 15) is 19.0 Å². The molecule has 2 unspecified atom stereocenters. The van der Waals surface area contributed by atoms with E-state index < -0.39 is 26.5 Å². The van der Waals surface area contributed by atoms with Crippen molar-refractivity contribution in [3.05, 3.63) is 60.8 Å². The molecule has 0 saturated carbocycles. The summed E-state index contributed by atoms with van der Waals surface area (Å²) in [5, 5.41) is 0. The molecule has 0 bridgehead atoms. The van der Waals surface area contributed by atoms with Gasteiger partial charge in [-0.3, -0.25) is 18.6 Å². The first-order valence-corrected chi connectivity index (χ1v) is 35.5. The summed E-state index contributed by atoms with van der Waals surface area (Å²) in [5.41, 5.74) is 0. The number of phosphoric ester groups is 1. The zero-order chi connectivity index (χ0) is 58.4. The number of quaternary nitrogens is 1. The summed E-state index contributed by atoms with van der Waals surface area (Å²) in [6.07, 6.45) is 80.4. The number of rotatable bonds is 63. The van der Waals surface area contributed by atoms with Crippen LogP contribution in [0.3, 0.4) is 0 Å². The van der Waals surface area contributed by atoms with E-state index in [1.165, 1.54) is 225 Å². The smallest absolute Gasteiger partial charge is 0.462 e. The number of esters is 2. The normalized spacial score (nSPS) is 13.5. The SMILES string of the molecule is CC/C=C\C/C=C\C/C=C\C/C=C\C/C=C\CCCCCCCCCCCCCCCCCCCCCCCC(=O)OC(COC(=O)CCCCCCCCCCCCCCCCCCCCC)COP(=O)(O)OCC[N+](C)(C)C. The largest absolute Gasteiger partial charge is 0.472 e. The molecule has 0 aliphatic heterocycles. The van der Waals surface area contributed by atoms with Crippen molar-refractivity contribution in [3.63, 3.8) is 0 Å². The Bertz CT molecular complexity index is 1530. The van der Waals surface area contributed by atoms with Crippen molar-refractivity contribution in [3.8, 4) is 0 Å². The summed E-state index contributed by atoms with van der Waals surface area (Å²) >= 11 is 0. The summed E-state index contributed by atoms with van der Waals surface area (Å²) < 4.78 is 34.7. The molecule has 80 heavy (non-hydrogen) atoms. The lowest BCUT2D eigenvalue weighted by Gasteiger charge is -2.24. The summed E-state index contributed by atoms with van der Waals surface area (Å²) in [5.74, 6) is -0.778. The average molecular weight is 1150 g/mol. The van der Waals surface area contributed by atoms with Crippen molar-refractivity contribution >= 4 is 19.8 Å². The minimum Gasteiger partial charge on any atom is -0.462 e. The molecule has 0 aromatic heterocycles. The van der Waals surface area contributed by atoms with Gasteiger partial charge in [-0.1, -0.05) is 312 Å². The highest BCUT2D eigenvalue weighted by Crippen LogP contribution is 2.43. The lowest BCUT2D eigenvalue weighted by molar-refractivity contribution is -0.870. The van der Waals surface area contributed by atoms with E-state index in [0.29, 0.717) is 23.9 Å². The van der Waals surface area contributed by atoms with Crippen LogP contribution in [0.2, 0.25) is 0 Å². The number of nitrogens with zero attached hydrogens (tertiary/aromatic N) is 1. The van der Waals surface area contributed by atoms with E-state index in [1.54, 1.807) is 0 Å². The van der Waals surface area contributed by atoms with Gasteiger partial charge in [0.15, 0.2) is 6.10 Å². The third-order valence-corrected chi connectivity index (χ3v) is 16.0. The second-order valence-electron chi connectivity index (χ2n) is 24.2. The van der Waals surface area contributed by atoms with E-state index >= 15 is 0 Å². The fourth-order valence-corrected chi connectivity index (χ4v) is 10.6. The summed E-state index contributed by atoms with van der Waals surface area (Å²) in [6, 6.07) is 0. The van der Waals surface area contributed by atoms with Crippen LogP contribution in [0.5, 0.6) is 0 Å². The Labute approximate surface area is 496 Å². The van der Waals surface area contributed by atoms with Gasteiger partial charge in [0.25, 0.3) is 0 Å². The van der Waals surface area contributed by atoms with Gasteiger partial charge in [-0.15, -0.1) is 0 Å². The zero-order valence-electron chi connectivity index (χ0n) is 53.3. The molecule has 1 N–H and O–H groups in total. The van der Waals surface area contributed by atoms with E-state index in [4.69, 9.17) is 18.5 Å². The molecule has 0 radical (unpaired) electrons. The summed E-state index contributed by atoms with van der Waals surface area (Å²) in [6.45, 7) is 4.38. The third-order valence-electron chi connectivity index (χ3n) is 15.1. The molecule has 0 rings (SSSR count). The Morgan fingerprint density at radius 2 is 0.713 bits per heavy atom. The van der Waals surface area contributed by atoms with Crippen LogP contribution in [0.1, 0.15) is 322 Å². The summed E-state index contributed by atoms with van der Waals surface area (Å²) in [7, 11) is 1.49. The lowest BCUT2D eigenvalue weighted by Crippen LogP contribution is -2.37. The number of unbranched alkanes of at least 4 members (excludes halogenated alkanes) is 39. The van der Waals surface area contributed by atoms with Crippen LogP contribution in [0.15, 0.2) is 60.8 Å². The van der Waals surface area contributed by atoms with E-state index in [1.807, 2.05) is 21.1 Å². The maximum absolute atomic E-state index is 12.9. The van der Waals surface area contributed by atoms with Gasteiger partial charge in [0.1, 0.15) is 19.8 Å². The number of carbonyl (C=O) groups excluding carboxylic acids is 2. The fraction of sp³-hybridized carbons (Fsp3) is 0.829. The highest BCUT2D eigenvalue weighted by molar-refractivity contribution is 7.47. The Morgan fingerprint density at radius 3 is 1.06 bits per heavy atom. The van der Waals surface area contributed by atoms with E-state index in [-0.39, 0.29) is 25.6 Å². The fourth-order valence-electron chi connectivity index (χ4n) is 9.87. The molecule has 0 saturated heterocycles. The molecule has 0 aromatic rings.